The van der Waals surface area contributed by atoms with Crippen molar-refractivity contribution in [2.45, 2.75) is 37.6 Å². The highest BCUT2D eigenvalue weighted by Crippen LogP contribution is 2.40. The molecule has 0 heterocycles. The summed E-state index contributed by atoms with van der Waals surface area (Å²) in [7, 11) is 0. The van der Waals surface area contributed by atoms with Crippen molar-refractivity contribution in [2.75, 3.05) is 0 Å². The minimum atomic E-state index is 0.306. The lowest BCUT2D eigenvalue weighted by molar-refractivity contribution is 0.482. The van der Waals surface area contributed by atoms with Crippen LogP contribution >= 0.6 is 15.9 Å². The fourth-order valence-corrected chi connectivity index (χ4v) is 2.67. The minimum Gasteiger partial charge on any atom is -0.328 e. The molecule has 2 atom stereocenters. The average Bonchev–Trinajstić information content (AvgIpc) is 2.48. The molecule has 1 saturated carbocycles. The van der Waals surface area contributed by atoms with Crippen LogP contribution in [0.2, 0.25) is 0 Å². The van der Waals surface area contributed by atoms with Crippen molar-refractivity contribution in [3.63, 3.8) is 0 Å². The first-order valence-electron chi connectivity index (χ1n) is 5.12. The largest absolute Gasteiger partial charge is 0.328 e. The van der Waals surface area contributed by atoms with E-state index in [0.29, 0.717) is 11.5 Å². The van der Waals surface area contributed by atoms with Crippen LogP contribution in [0.3, 0.4) is 0 Å². The molecular formula is C12H16BrN. The van der Waals surface area contributed by atoms with Crippen LogP contribution < -0.4 is 5.73 Å². The standard InChI is InChI=1S/C12H16BrN/c1-12(7-6-11(14)8-12)9-2-4-10(13)5-3-9/h2-5,11H,6-8,14H2,1H3. The highest BCUT2D eigenvalue weighted by Gasteiger charge is 2.34. The lowest BCUT2D eigenvalue weighted by Crippen LogP contribution is -2.22. The van der Waals surface area contributed by atoms with Crippen LogP contribution in [0.15, 0.2) is 28.7 Å². The van der Waals surface area contributed by atoms with Crippen molar-refractivity contribution in [2.24, 2.45) is 5.73 Å². The molecule has 1 nitrogen and oxygen atoms in total. The summed E-state index contributed by atoms with van der Waals surface area (Å²) in [4.78, 5) is 0. The summed E-state index contributed by atoms with van der Waals surface area (Å²) in [5.41, 5.74) is 7.70. The van der Waals surface area contributed by atoms with E-state index < -0.39 is 0 Å². The molecule has 0 spiro atoms. The van der Waals surface area contributed by atoms with Gasteiger partial charge in [-0.3, -0.25) is 0 Å². The summed E-state index contributed by atoms with van der Waals surface area (Å²) >= 11 is 3.46. The second-order valence-electron chi connectivity index (χ2n) is 4.57. The molecule has 0 amide bonds. The van der Waals surface area contributed by atoms with Crippen molar-refractivity contribution in [1.82, 2.24) is 0 Å². The van der Waals surface area contributed by atoms with E-state index >= 15 is 0 Å². The Labute approximate surface area is 93.8 Å². The van der Waals surface area contributed by atoms with Crippen LogP contribution in [-0.4, -0.2) is 6.04 Å². The first-order chi connectivity index (χ1) is 6.60. The Kier molecular flexibility index (Phi) is 2.67. The van der Waals surface area contributed by atoms with Crippen LogP contribution in [0.25, 0.3) is 0 Å². The molecule has 2 unspecified atom stereocenters. The monoisotopic (exact) mass is 253 g/mol. The molecule has 1 aromatic rings. The van der Waals surface area contributed by atoms with E-state index in [2.05, 4.69) is 47.1 Å². The van der Waals surface area contributed by atoms with Gasteiger partial charge in [-0.25, -0.2) is 0 Å². The molecule has 1 aliphatic carbocycles. The smallest absolute Gasteiger partial charge is 0.0175 e. The second kappa shape index (κ2) is 3.67. The molecule has 0 bridgehead atoms. The van der Waals surface area contributed by atoms with E-state index in [0.717, 1.165) is 17.3 Å². The molecule has 0 aromatic heterocycles. The predicted octanol–water partition coefficient (Wildman–Crippen LogP) is 3.22. The Balaban J connectivity index is 2.26. The maximum absolute atomic E-state index is 5.97. The SMILES string of the molecule is CC1(c2ccc(Br)cc2)CCC(N)C1. The number of halogens is 1. The Morgan fingerprint density at radius 2 is 2.00 bits per heavy atom. The van der Waals surface area contributed by atoms with E-state index in [9.17, 15) is 0 Å². The van der Waals surface area contributed by atoms with Gasteiger partial charge in [-0.05, 0) is 42.4 Å². The molecule has 2 heteroatoms. The van der Waals surface area contributed by atoms with Crippen LogP contribution in [0.5, 0.6) is 0 Å². The van der Waals surface area contributed by atoms with Gasteiger partial charge in [-0.15, -0.1) is 0 Å². The summed E-state index contributed by atoms with van der Waals surface area (Å²) < 4.78 is 1.15. The third-order valence-corrected chi connectivity index (χ3v) is 3.85. The Hall–Kier alpha value is -0.340. The van der Waals surface area contributed by atoms with E-state index in [-0.39, 0.29) is 0 Å². The van der Waals surface area contributed by atoms with Gasteiger partial charge < -0.3 is 5.73 Å². The van der Waals surface area contributed by atoms with Crippen LogP contribution in [0.4, 0.5) is 0 Å². The van der Waals surface area contributed by atoms with Crippen LogP contribution in [-0.2, 0) is 5.41 Å². The van der Waals surface area contributed by atoms with Crippen molar-refractivity contribution < 1.29 is 0 Å². The number of benzene rings is 1. The van der Waals surface area contributed by atoms with Gasteiger partial charge in [0.1, 0.15) is 0 Å². The van der Waals surface area contributed by atoms with Crippen LogP contribution in [0, 0.1) is 0 Å². The number of hydrogen-bond acceptors (Lipinski definition) is 1. The third kappa shape index (κ3) is 1.86. The zero-order chi connectivity index (χ0) is 10.2. The first kappa shape index (κ1) is 10.2. The van der Waals surface area contributed by atoms with Gasteiger partial charge in [0.25, 0.3) is 0 Å². The number of hydrogen-bond donors (Lipinski definition) is 1. The van der Waals surface area contributed by atoms with Crippen molar-refractivity contribution in [3.05, 3.63) is 34.3 Å². The topological polar surface area (TPSA) is 26.0 Å². The van der Waals surface area contributed by atoms with E-state index in [1.54, 1.807) is 0 Å². The zero-order valence-corrected chi connectivity index (χ0v) is 10.0. The molecule has 76 valence electrons. The van der Waals surface area contributed by atoms with Gasteiger partial charge in [0, 0.05) is 10.5 Å². The molecule has 0 saturated heterocycles. The number of nitrogens with two attached hydrogens (primary N) is 1. The van der Waals surface area contributed by atoms with Crippen molar-refractivity contribution in [1.29, 1.82) is 0 Å². The summed E-state index contributed by atoms with van der Waals surface area (Å²) in [6, 6.07) is 9.04. The molecule has 0 radical (unpaired) electrons. The molecule has 2 rings (SSSR count). The van der Waals surface area contributed by atoms with Gasteiger partial charge in [-0.1, -0.05) is 35.0 Å². The summed E-state index contributed by atoms with van der Waals surface area (Å²) in [6.07, 6.45) is 3.50. The molecule has 1 aliphatic rings. The van der Waals surface area contributed by atoms with E-state index in [1.807, 2.05) is 0 Å². The Bertz CT molecular complexity index is 320. The maximum atomic E-state index is 5.97. The van der Waals surface area contributed by atoms with Crippen molar-refractivity contribution >= 4 is 15.9 Å². The summed E-state index contributed by atoms with van der Waals surface area (Å²) in [5.74, 6) is 0. The van der Waals surface area contributed by atoms with E-state index in [4.69, 9.17) is 5.73 Å². The lowest BCUT2D eigenvalue weighted by atomic mass is 9.81. The summed E-state index contributed by atoms with van der Waals surface area (Å²) in [5, 5.41) is 0. The highest BCUT2D eigenvalue weighted by molar-refractivity contribution is 9.10. The van der Waals surface area contributed by atoms with Gasteiger partial charge in [-0.2, -0.15) is 0 Å². The van der Waals surface area contributed by atoms with Crippen LogP contribution in [0.1, 0.15) is 31.7 Å². The second-order valence-corrected chi connectivity index (χ2v) is 5.49. The lowest BCUT2D eigenvalue weighted by Gasteiger charge is -2.24. The molecule has 1 aromatic carbocycles. The zero-order valence-electron chi connectivity index (χ0n) is 8.46. The highest BCUT2D eigenvalue weighted by atomic mass is 79.9. The average molecular weight is 254 g/mol. The molecule has 14 heavy (non-hydrogen) atoms. The Morgan fingerprint density at radius 3 is 2.50 bits per heavy atom. The molecule has 2 N–H and O–H groups in total. The fourth-order valence-electron chi connectivity index (χ4n) is 2.40. The predicted molar refractivity (Wildman–Crippen MR) is 63.3 cm³/mol. The Morgan fingerprint density at radius 1 is 1.36 bits per heavy atom. The minimum absolute atomic E-state index is 0.306. The van der Waals surface area contributed by atoms with E-state index in [1.165, 1.54) is 12.0 Å². The van der Waals surface area contributed by atoms with Gasteiger partial charge in [0.2, 0.25) is 0 Å². The molecular weight excluding hydrogens is 238 g/mol. The van der Waals surface area contributed by atoms with Gasteiger partial charge >= 0.3 is 0 Å². The van der Waals surface area contributed by atoms with Gasteiger partial charge in [0.15, 0.2) is 0 Å². The maximum Gasteiger partial charge on any atom is 0.0175 e. The quantitative estimate of drug-likeness (QED) is 0.818. The van der Waals surface area contributed by atoms with Gasteiger partial charge in [0.05, 0.1) is 0 Å². The molecule has 1 fully saturated rings. The third-order valence-electron chi connectivity index (χ3n) is 3.32. The van der Waals surface area contributed by atoms with Crippen molar-refractivity contribution in [3.8, 4) is 0 Å². The molecule has 0 aliphatic heterocycles. The number of rotatable bonds is 1. The normalized spacial score (nSPS) is 32.1. The first-order valence-corrected chi connectivity index (χ1v) is 5.91. The fraction of sp³-hybridized carbons (Fsp3) is 0.500. The summed E-state index contributed by atoms with van der Waals surface area (Å²) in [6.45, 7) is 2.32.